The average Bonchev–Trinajstić information content (AvgIpc) is 2.96. The minimum atomic E-state index is 0.496. The maximum absolute atomic E-state index is 4.55. The van der Waals surface area contributed by atoms with Gasteiger partial charge in [0.1, 0.15) is 0 Å². The van der Waals surface area contributed by atoms with Gasteiger partial charge in [-0.1, -0.05) is 6.92 Å². The van der Waals surface area contributed by atoms with Crippen molar-refractivity contribution in [2.45, 2.75) is 32.6 Å². The van der Waals surface area contributed by atoms with Crippen molar-refractivity contribution in [3.05, 3.63) is 15.9 Å². The zero-order chi connectivity index (χ0) is 11.8. The van der Waals surface area contributed by atoms with Crippen molar-refractivity contribution in [1.29, 1.82) is 0 Å². The second-order valence-corrected chi connectivity index (χ2v) is 5.68. The van der Waals surface area contributed by atoms with E-state index in [2.05, 4.69) is 40.3 Å². The van der Waals surface area contributed by atoms with Crippen molar-refractivity contribution in [2.24, 2.45) is 12.5 Å². The van der Waals surface area contributed by atoms with Gasteiger partial charge in [-0.05, 0) is 54.1 Å². The van der Waals surface area contributed by atoms with Gasteiger partial charge in [-0.3, -0.25) is 4.68 Å². The van der Waals surface area contributed by atoms with Crippen LogP contribution in [0.2, 0.25) is 0 Å². The Kier molecular flexibility index (Phi) is 3.40. The third-order valence-corrected chi connectivity index (χ3v) is 4.47. The van der Waals surface area contributed by atoms with Gasteiger partial charge in [-0.2, -0.15) is 5.10 Å². The molecule has 0 unspecified atom stereocenters. The molecule has 0 spiro atoms. The lowest BCUT2D eigenvalue weighted by Gasteiger charge is -2.14. The Morgan fingerprint density at radius 3 is 2.62 bits per heavy atom. The molecule has 0 radical (unpaired) electrons. The molecule has 2 rings (SSSR count). The fraction of sp³-hybridized carbons (Fsp3) is 0.750. The maximum Gasteiger partial charge on any atom is 0.0766 e. The van der Waals surface area contributed by atoms with Gasteiger partial charge in [0.25, 0.3) is 0 Å². The maximum atomic E-state index is 4.55. The van der Waals surface area contributed by atoms with E-state index in [-0.39, 0.29) is 0 Å². The Morgan fingerprint density at radius 2 is 2.19 bits per heavy atom. The number of rotatable bonds is 5. The summed E-state index contributed by atoms with van der Waals surface area (Å²) in [5.41, 5.74) is 3.03. The lowest BCUT2D eigenvalue weighted by molar-refractivity contribution is 0.461. The molecule has 0 aromatic carbocycles. The van der Waals surface area contributed by atoms with E-state index in [0.29, 0.717) is 5.41 Å². The molecule has 1 aromatic rings. The van der Waals surface area contributed by atoms with E-state index in [1.165, 1.54) is 28.7 Å². The van der Waals surface area contributed by atoms with Crippen LogP contribution in [0.3, 0.4) is 0 Å². The summed E-state index contributed by atoms with van der Waals surface area (Å²) < 4.78 is 3.26. The van der Waals surface area contributed by atoms with Crippen molar-refractivity contribution < 1.29 is 0 Å². The Hall–Kier alpha value is -0.350. The van der Waals surface area contributed by atoms with E-state index < -0.39 is 0 Å². The van der Waals surface area contributed by atoms with E-state index in [9.17, 15) is 0 Å². The highest BCUT2D eigenvalue weighted by Gasteiger charge is 2.43. The second kappa shape index (κ2) is 4.49. The number of aryl methyl sites for hydroxylation is 2. The highest BCUT2D eigenvalue weighted by atomic mass is 79.9. The first-order chi connectivity index (χ1) is 7.62. The second-order valence-electron chi connectivity index (χ2n) is 4.89. The molecule has 0 amide bonds. The van der Waals surface area contributed by atoms with E-state index in [1.807, 2.05) is 11.7 Å². The van der Waals surface area contributed by atoms with Gasteiger partial charge in [-0.15, -0.1) is 0 Å². The van der Waals surface area contributed by atoms with E-state index in [1.54, 1.807) is 0 Å². The summed E-state index contributed by atoms with van der Waals surface area (Å²) in [6.45, 7) is 3.27. The number of aromatic nitrogens is 2. The molecule has 90 valence electrons. The molecular weight excluding hydrogens is 266 g/mol. The first-order valence-electron chi connectivity index (χ1n) is 5.97. The minimum Gasteiger partial charge on any atom is -0.319 e. The third-order valence-electron chi connectivity index (χ3n) is 3.55. The fourth-order valence-corrected chi connectivity index (χ4v) is 3.09. The summed E-state index contributed by atoms with van der Waals surface area (Å²) in [5.74, 6) is 0. The lowest BCUT2D eigenvalue weighted by Crippen LogP contribution is -2.23. The summed E-state index contributed by atoms with van der Waals surface area (Å²) >= 11 is 3.69. The monoisotopic (exact) mass is 285 g/mol. The first kappa shape index (κ1) is 12.1. The molecule has 1 fully saturated rings. The third kappa shape index (κ3) is 2.18. The van der Waals surface area contributed by atoms with Crippen LogP contribution in [-0.2, 0) is 19.9 Å². The van der Waals surface area contributed by atoms with Crippen LogP contribution in [0.25, 0.3) is 0 Å². The van der Waals surface area contributed by atoms with E-state index >= 15 is 0 Å². The summed E-state index contributed by atoms with van der Waals surface area (Å²) in [6, 6.07) is 0. The van der Waals surface area contributed by atoms with Gasteiger partial charge in [0.2, 0.25) is 0 Å². The molecule has 1 aromatic heterocycles. The molecule has 1 heterocycles. The quantitative estimate of drug-likeness (QED) is 0.900. The summed E-state index contributed by atoms with van der Waals surface area (Å²) in [7, 11) is 4.09. The summed E-state index contributed by atoms with van der Waals surface area (Å²) in [6.07, 6.45) is 4.81. The minimum absolute atomic E-state index is 0.496. The van der Waals surface area contributed by atoms with Crippen molar-refractivity contribution >= 4 is 15.9 Å². The van der Waals surface area contributed by atoms with Gasteiger partial charge >= 0.3 is 0 Å². The Balaban J connectivity index is 2.18. The van der Waals surface area contributed by atoms with Crippen molar-refractivity contribution in [3.63, 3.8) is 0 Å². The molecule has 1 saturated carbocycles. The number of halogens is 1. The molecule has 0 aliphatic heterocycles. The topological polar surface area (TPSA) is 29.9 Å². The SMILES string of the molecule is CCc1nn(C)c(CC2(CNC)CC2)c1Br. The molecule has 0 atom stereocenters. The molecule has 0 bridgehead atoms. The van der Waals surface area contributed by atoms with Gasteiger partial charge in [0.05, 0.1) is 15.9 Å². The van der Waals surface area contributed by atoms with Gasteiger partial charge in [-0.25, -0.2) is 0 Å². The molecule has 1 N–H and O–H groups in total. The Labute approximate surface area is 106 Å². The highest BCUT2D eigenvalue weighted by Crippen LogP contribution is 2.48. The molecule has 16 heavy (non-hydrogen) atoms. The van der Waals surface area contributed by atoms with Crippen LogP contribution in [0.15, 0.2) is 4.47 Å². The zero-order valence-corrected chi connectivity index (χ0v) is 11.9. The van der Waals surface area contributed by atoms with Gasteiger partial charge in [0.15, 0.2) is 0 Å². The number of nitrogens with one attached hydrogen (secondary N) is 1. The molecular formula is C12H20BrN3. The first-order valence-corrected chi connectivity index (χ1v) is 6.76. The van der Waals surface area contributed by atoms with Crippen LogP contribution in [0.1, 0.15) is 31.2 Å². The standard InChI is InChI=1S/C12H20BrN3/c1-4-9-11(13)10(16(3)15-9)7-12(5-6-12)8-14-2/h14H,4-8H2,1-3H3. The predicted molar refractivity (Wildman–Crippen MR) is 69.6 cm³/mol. The number of hydrogen-bond donors (Lipinski definition) is 1. The molecule has 3 nitrogen and oxygen atoms in total. The van der Waals surface area contributed by atoms with Crippen LogP contribution in [0.4, 0.5) is 0 Å². The zero-order valence-electron chi connectivity index (χ0n) is 10.3. The van der Waals surface area contributed by atoms with Crippen molar-refractivity contribution in [3.8, 4) is 0 Å². The van der Waals surface area contributed by atoms with Crippen molar-refractivity contribution in [2.75, 3.05) is 13.6 Å². The van der Waals surface area contributed by atoms with Crippen LogP contribution in [-0.4, -0.2) is 23.4 Å². The van der Waals surface area contributed by atoms with Gasteiger partial charge in [0, 0.05) is 13.6 Å². The fourth-order valence-electron chi connectivity index (χ4n) is 2.33. The molecule has 1 aliphatic rings. The summed E-state index contributed by atoms with van der Waals surface area (Å²) in [5, 5.41) is 7.86. The summed E-state index contributed by atoms with van der Waals surface area (Å²) in [4.78, 5) is 0. The van der Waals surface area contributed by atoms with Crippen LogP contribution in [0, 0.1) is 5.41 Å². The number of hydrogen-bond acceptors (Lipinski definition) is 2. The van der Waals surface area contributed by atoms with Crippen LogP contribution in [0.5, 0.6) is 0 Å². The number of nitrogens with zero attached hydrogens (tertiary/aromatic N) is 2. The molecule has 0 saturated heterocycles. The molecule has 4 heteroatoms. The molecule has 1 aliphatic carbocycles. The Morgan fingerprint density at radius 1 is 1.50 bits per heavy atom. The van der Waals surface area contributed by atoms with Crippen molar-refractivity contribution in [1.82, 2.24) is 15.1 Å². The van der Waals surface area contributed by atoms with E-state index in [0.717, 1.165) is 19.4 Å². The van der Waals surface area contributed by atoms with Gasteiger partial charge < -0.3 is 5.32 Å². The average molecular weight is 286 g/mol. The Bertz CT molecular complexity index is 380. The smallest absolute Gasteiger partial charge is 0.0766 e. The van der Waals surface area contributed by atoms with Crippen LogP contribution < -0.4 is 5.32 Å². The normalized spacial score (nSPS) is 17.8. The largest absolute Gasteiger partial charge is 0.319 e. The van der Waals surface area contributed by atoms with Crippen LogP contribution >= 0.6 is 15.9 Å². The van der Waals surface area contributed by atoms with E-state index in [4.69, 9.17) is 0 Å². The highest BCUT2D eigenvalue weighted by molar-refractivity contribution is 9.10. The lowest BCUT2D eigenvalue weighted by atomic mass is 10.00. The predicted octanol–water partition coefficient (Wildman–Crippen LogP) is 2.29.